The van der Waals surface area contributed by atoms with Gasteiger partial charge in [0.25, 0.3) is 0 Å². The molecule has 0 aliphatic rings. The van der Waals surface area contributed by atoms with Crippen LogP contribution in [0.25, 0.3) is 0 Å². The van der Waals surface area contributed by atoms with E-state index in [1.165, 1.54) is 0 Å². The van der Waals surface area contributed by atoms with Crippen molar-refractivity contribution in [3.63, 3.8) is 0 Å². The molecule has 0 saturated carbocycles. The molecule has 0 radical (unpaired) electrons. The average molecular weight is 242 g/mol. The molecule has 0 bridgehead atoms. The lowest BCUT2D eigenvalue weighted by Gasteiger charge is -2.06. The third kappa shape index (κ3) is 3.01. The summed E-state index contributed by atoms with van der Waals surface area (Å²) in [5.74, 6) is 0.946. The molecule has 92 valence electrons. The Hall–Kier alpha value is -2.49. The largest absolute Gasteiger partial charge is 0.508 e. The first-order valence-corrected chi connectivity index (χ1v) is 5.51. The maximum atomic E-state index is 9.31. The molecule has 2 aromatic rings. The Kier molecular flexibility index (Phi) is 3.81. The fourth-order valence-corrected chi connectivity index (χ4v) is 1.52. The van der Waals surface area contributed by atoms with Crippen LogP contribution in [0.15, 0.2) is 53.6 Å². The van der Waals surface area contributed by atoms with E-state index in [0.29, 0.717) is 0 Å². The summed E-state index contributed by atoms with van der Waals surface area (Å²) in [6, 6.07) is 14.4. The maximum Gasteiger partial charge on any atom is 0.143 e. The first-order chi connectivity index (χ1) is 8.79. The molecule has 0 saturated heterocycles. The summed E-state index contributed by atoms with van der Waals surface area (Å²) in [5, 5.41) is 13.4. The van der Waals surface area contributed by atoms with E-state index < -0.39 is 0 Å². The molecule has 2 N–H and O–H groups in total. The Balaban J connectivity index is 2.07. The molecule has 18 heavy (non-hydrogen) atoms. The highest BCUT2D eigenvalue weighted by atomic mass is 16.5. The van der Waals surface area contributed by atoms with Gasteiger partial charge in [0.2, 0.25) is 0 Å². The lowest BCUT2D eigenvalue weighted by Crippen LogP contribution is -1.94. The van der Waals surface area contributed by atoms with Gasteiger partial charge < -0.3 is 9.84 Å². The van der Waals surface area contributed by atoms with E-state index in [1.807, 2.05) is 30.3 Å². The van der Waals surface area contributed by atoms with Gasteiger partial charge in [0.1, 0.15) is 11.5 Å². The summed E-state index contributed by atoms with van der Waals surface area (Å²) in [6.45, 7) is 0. The Morgan fingerprint density at radius 1 is 1.17 bits per heavy atom. The van der Waals surface area contributed by atoms with Crippen LogP contribution >= 0.6 is 0 Å². The van der Waals surface area contributed by atoms with Crippen LogP contribution < -0.4 is 10.2 Å². The van der Waals surface area contributed by atoms with Crippen LogP contribution in [0.2, 0.25) is 0 Å². The fraction of sp³-hybridized carbons (Fsp3) is 0.0714. The molecule has 0 atom stereocenters. The zero-order valence-electron chi connectivity index (χ0n) is 10.00. The molecule has 0 fully saturated rings. The van der Waals surface area contributed by atoms with Crippen molar-refractivity contribution in [3.8, 4) is 11.5 Å². The van der Waals surface area contributed by atoms with E-state index in [-0.39, 0.29) is 5.75 Å². The topological polar surface area (TPSA) is 53.8 Å². The van der Waals surface area contributed by atoms with Crippen molar-refractivity contribution in [3.05, 3.63) is 54.1 Å². The minimum Gasteiger partial charge on any atom is -0.508 e. The van der Waals surface area contributed by atoms with Gasteiger partial charge >= 0.3 is 0 Å². The van der Waals surface area contributed by atoms with Gasteiger partial charge in [-0.2, -0.15) is 5.10 Å². The molecule has 2 aromatic carbocycles. The molecule has 0 heterocycles. The van der Waals surface area contributed by atoms with Gasteiger partial charge in [0.05, 0.1) is 19.0 Å². The number of rotatable bonds is 4. The Labute approximate surface area is 106 Å². The Morgan fingerprint density at radius 3 is 2.78 bits per heavy atom. The summed E-state index contributed by atoms with van der Waals surface area (Å²) in [7, 11) is 1.61. The predicted molar refractivity (Wildman–Crippen MR) is 72.3 cm³/mol. The number of nitrogens with zero attached hydrogens (tertiary/aromatic N) is 1. The summed E-state index contributed by atoms with van der Waals surface area (Å²) in [6.07, 6.45) is 1.63. The first kappa shape index (κ1) is 12.0. The normalized spacial score (nSPS) is 10.5. The number of para-hydroxylation sites is 2. The number of phenols is 1. The van der Waals surface area contributed by atoms with E-state index in [2.05, 4.69) is 10.5 Å². The van der Waals surface area contributed by atoms with Crippen LogP contribution in [-0.2, 0) is 0 Å². The van der Waals surface area contributed by atoms with Crippen LogP contribution in [0.4, 0.5) is 5.69 Å². The summed E-state index contributed by atoms with van der Waals surface area (Å²) in [5.41, 5.74) is 4.50. The smallest absolute Gasteiger partial charge is 0.143 e. The second kappa shape index (κ2) is 5.72. The fourth-order valence-electron chi connectivity index (χ4n) is 1.52. The van der Waals surface area contributed by atoms with Crippen LogP contribution in [0.1, 0.15) is 5.56 Å². The van der Waals surface area contributed by atoms with Crippen molar-refractivity contribution in [1.82, 2.24) is 0 Å². The van der Waals surface area contributed by atoms with Crippen molar-refractivity contribution >= 4 is 11.9 Å². The van der Waals surface area contributed by atoms with E-state index in [1.54, 1.807) is 31.5 Å². The van der Waals surface area contributed by atoms with E-state index in [4.69, 9.17) is 4.74 Å². The number of aromatic hydroxyl groups is 1. The highest BCUT2D eigenvalue weighted by Crippen LogP contribution is 2.22. The van der Waals surface area contributed by atoms with Crippen molar-refractivity contribution in [1.29, 1.82) is 0 Å². The van der Waals surface area contributed by atoms with Gasteiger partial charge in [-0.1, -0.05) is 24.3 Å². The van der Waals surface area contributed by atoms with Gasteiger partial charge in [-0.15, -0.1) is 0 Å². The number of benzene rings is 2. The molecule has 4 nitrogen and oxygen atoms in total. The van der Waals surface area contributed by atoms with Crippen molar-refractivity contribution in [2.45, 2.75) is 0 Å². The zero-order valence-corrected chi connectivity index (χ0v) is 10.00. The third-order valence-corrected chi connectivity index (χ3v) is 2.38. The number of phenolic OH excluding ortho intramolecular Hbond substituents is 1. The lowest BCUT2D eigenvalue weighted by molar-refractivity contribution is 0.416. The van der Waals surface area contributed by atoms with Crippen LogP contribution in [0.3, 0.4) is 0 Å². The lowest BCUT2D eigenvalue weighted by atomic mass is 10.2. The summed E-state index contributed by atoms with van der Waals surface area (Å²) < 4.78 is 5.19. The second-order valence-corrected chi connectivity index (χ2v) is 3.67. The van der Waals surface area contributed by atoms with Crippen LogP contribution in [0, 0.1) is 0 Å². The van der Waals surface area contributed by atoms with Crippen LogP contribution in [-0.4, -0.2) is 18.4 Å². The number of nitrogens with one attached hydrogen (secondary N) is 1. The van der Waals surface area contributed by atoms with Gasteiger partial charge in [-0.25, -0.2) is 0 Å². The minimum absolute atomic E-state index is 0.219. The monoisotopic (exact) mass is 242 g/mol. The standard InChI is InChI=1S/C14H14N2O2/c1-18-14-8-3-2-7-13(14)16-15-10-11-5-4-6-12(17)9-11/h2-10,16-17H,1H3/b15-10-. The van der Waals surface area contributed by atoms with E-state index >= 15 is 0 Å². The number of hydrogen-bond acceptors (Lipinski definition) is 4. The van der Waals surface area contributed by atoms with Gasteiger partial charge in [0.15, 0.2) is 0 Å². The number of ether oxygens (including phenoxy) is 1. The Bertz CT molecular complexity index is 553. The first-order valence-electron chi connectivity index (χ1n) is 5.51. The highest BCUT2D eigenvalue weighted by molar-refractivity contribution is 5.81. The quantitative estimate of drug-likeness (QED) is 0.640. The van der Waals surface area contributed by atoms with E-state index in [9.17, 15) is 5.11 Å². The number of hydrogen-bond donors (Lipinski definition) is 2. The molecule has 0 amide bonds. The molecule has 0 spiro atoms. The Morgan fingerprint density at radius 2 is 2.00 bits per heavy atom. The SMILES string of the molecule is COc1ccccc1N/N=C\c1cccc(O)c1. The molecule has 4 heteroatoms. The second-order valence-electron chi connectivity index (χ2n) is 3.67. The minimum atomic E-state index is 0.219. The number of hydrazone groups is 1. The molecular weight excluding hydrogens is 228 g/mol. The molecule has 0 aliphatic carbocycles. The number of anilines is 1. The summed E-state index contributed by atoms with van der Waals surface area (Å²) in [4.78, 5) is 0. The average Bonchev–Trinajstić information content (AvgIpc) is 2.39. The highest BCUT2D eigenvalue weighted by Gasteiger charge is 1.98. The predicted octanol–water partition coefficient (Wildman–Crippen LogP) is 2.85. The maximum absolute atomic E-state index is 9.31. The third-order valence-electron chi connectivity index (χ3n) is 2.38. The number of methoxy groups -OCH3 is 1. The summed E-state index contributed by atoms with van der Waals surface area (Å²) >= 11 is 0. The van der Waals surface area contributed by atoms with Crippen molar-refractivity contribution in [2.75, 3.05) is 12.5 Å². The molecule has 0 aliphatic heterocycles. The van der Waals surface area contributed by atoms with Crippen molar-refractivity contribution < 1.29 is 9.84 Å². The van der Waals surface area contributed by atoms with Gasteiger partial charge in [-0.3, -0.25) is 5.43 Å². The zero-order chi connectivity index (χ0) is 12.8. The van der Waals surface area contributed by atoms with Crippen molar-refractivity contribution in [2.24, 2.45) is 5.10 Å². The van der Waals surface area contributed by atoms with Gasteiger partial charge in [-0.05, 0) is 29.8 Å². The molecule has 2 rings (SSSR count). The van der Waals surface area contributed by atoms with Gasteiger partial charge in [0, 0.05) is 0 Å². The van der Waals surface area contributed by atoms with Crippen LogP contribution in [0.5, 0.6) is 11.5 Å². The van der Waals surface area contributed by atoms with E-state index in [0.717, 1.165) is 17.0 Å². The molecule has 0 aromatic heterocycles. The molecular formula is C14H14N2O2. The molecule has 0 unspecified atom stereocenters.